The molecule has 20 heavy (non-hydrogen) atoms. The predicted molar refractivity (Wildman–Crippen MR) is 81.5 cm³/mol. The van der Waals surface area contributed by atoms with Crippen LogP contribution in [0.1, 0.15) is 44.4 Å². The summed E-state index contributed by atoms with van der Waals surface area (Å²) in [7, 11) is 1.95. The Morgan fingerprint density at radius 2 is 2.25 bits per heavy atom. The van der Waals surface area contributed by atoms with E-state index >= 15 is 0 Å². The van der Waals surface area contributed by atoms with Crippen LogP contribution in [-0.4, -0.2) is 20.8 Å². The summed E-state index contributed by atoms with van der Waals surface area (Å²) in [6.45, 7) is 7.67. The Bertz CT molecular complexity index is 627. The van der Waals surface area contributed by atoms with Gasteiger partial charge >= 0.3 is 0 Å². The van der Waals surface area contributed by atoms with Gasteiger partial charge in [-0.15, -0.1) is 0 Å². The lowest BCUT2D eigenvalue weighted by molar-refractivity contribution is 0.364. The van der Waals surface area contributed by atoms with Crippen LogP contribution < -0.4 is 5.32 Å². The van der Waals surface area contributed by atoms with Crippen molar-refractivity contribution in [2.24, 2.45) is 12.5 Å². The Morgan fingerprint density at radius 1 is 1.45 bits per heavy atom. The fourth-order valence-corrected chi connectivity index (χ4v) is 3.32. The minimum Gasteiger partial charge on any atom is -0.310 e. The summed E-state index contributed by atoms with van der Waals surface area (Å²) in [5.74, 6) is 0. The van der Waals surface area contributed by atoms with Gasteiger partial charge in [-0.1, -0.05) is 13.8 Å². The Labute approximate surface area is 120 Å². The van der Waals surface area contributed by atoms with Crippen LogP contribution in [0.15, 0.2) is 12.3 Å². The van der Waals surface area contributed by atoms with E-state index in [4.69, 9.17) is 0 Å². The Balaban J connectivity index is 1.71. The van der Waals surface area contributed by atoms with Gasteiger partial charge in [0.2, 0.25) is 0 Å². The van der Waals surface area contributed by atoms with Crippen LogP contribution in [0.25, 0.3) is 11.0 Å². The first-order chi connectivity index (χ1) is 9.44. The first-order valence-electron chi connectivity index (χ1n) is 7.46. The van der Waals surface area contributed by atoms with Crippen molar-refractivity contribution < 1.29 is 0 Å². The lowest BCUT2D eigenvalue weighted by Gasteiger charge is -2.17. The van der Waals surface area contributed by atoms with Crippen LogP contribution in [0, 0.1) is 12.3 Å². The van der Waals surface area contributed by atoms with Crippen molar-refractivity contribution in [3.63, 3.8) is 0 Å². The third-order valence-electron chi connectivity index (χ3n) is 4.48. The number of aryl methyl sites for hydroxylation is 2. The maximum absolute atomic E-state index is 4.54. The average molecular weight is 272 g/mol. The number of hydrogen-bond acceptors (Lipinski definition) is 3. The number of aromatic nitrogens is 3. The van der Waals surface area contributed by atoms with Crippen molar-refractivity contribution in [3.8, 4) is 0 Å². The molecule has 1 aliphatic carbocycles. The van der Waals surface area contributed by atoms with Crippen LogP contribution in [0.4, 0.5) is 0 Å². The highest BCUT2D eigenvalue weighted by molar-refractivity contribution is 5.78. The summed E-state index contributed by atoms with van der Waals surface area (Å²) in [6.07, 6.45) is 5.85. The van der Waals surface area contributed by atoms with Crippen LogP contribution in [0.3, 0.4) is 0 Å². The molecule has 2 aromatic rings. The Morgan fingerprint density at radius 3 is 2.95 bits per heavy atom. The fraction of sp³-hybridized carbons (Fsp3) is 0.625. The SMILES string of the molecule is Cc1nn(C)c2ncc(CNC3CCC(C)(C)C3)cc12. The summed E-state index contributed by atoms with van der Waals surface area (Å²) in [5, 5.41) is 9.26. The van der Waals surface area contributed by atoms with Gasteiger partial charge in [-0.25, -0.2) is 4.98 Å². The molecule has 2 heterocycles. The summed E-state index contributed by atoms with van der Waals surface area (Å²) >= 11 is 0. The maximum Gasteiger partial charge on any atom is 0.157 e. The molecular formula is C16H24N4. The van der Waals surface area contributed by atoms with Crippen molar-refractivity contribution >= 4 is 11.0 Å². The molecule has 1 atom stereocenters. The first-order valence-corrected chi connectivity index (χ1v) is 7.46. The number of hydrogen-bond donors (Lipinski definition) is 1. The number of rotatable bonds is 3. The molecule has 2 aromatic heterocycles. The average Bonchev–Trinajstić information content (AvgIpc) is 2.88. The maximum atomic E-state index is 4.54. The van der Waals surface area contributed by atoms with E-state index < -0.39 is 0 Å². The highest BCUT2D eigenvalue weighted by Gasteiger charge is 2.30. The van der Waals surface area contributed by atoms with Gasteiger partial charge in [-0.3, -0.25) is 4.68 Å². The van der Waals surface area contributed by atoms with Crippen molar-refractivity contribution in [3.05, 3.63) is 23.5 Å². The molecule has 1 saturated carbocycles. The minimum atomic E-state index is 0.500. The molecule has 4 heteroatoms. The molecule has 0 spiro atoms. The summed E-state index contributed by atoms with van der Waals surface area (Å²) in [6, 6.07) is 2.87. The highest BCUT2D eigenvalue weighted by atomic mass is 15.3. The van der Waals surface area contributed by atoms with E-state index in [1.165, 1.54) is 30.2 Å². The molecule has 0 saturated heterocycles. The van der Waals surface area contributed by atoms with E-state index in [9.17, 15) is 0 Å². The highest BCUT2D eigenvalue weighted by Crippen LogP contribution is 2.37. The second-order valence-electron chi connectivity index (χ2n) is 6.91. The molecule has 1 N–H and O–H groups in total. The van der Waals surface area contributed by atoms with Gasteiger partial charge in [-0.2, -0.15) is 5.10 Å². The van der Waals surface area contributed by atoms with E-state index in [1.54, 1.807) is 0 Å². The lowest BCUT2D eigenvalue weighted by atomic mass is 9.92. The molecule has 0 radical (unpaired) electrons. The van der Waals surface area contributed by atoms with Gasteiger partial charge in [0.25, 0.3) is 0 Å². The van der Waals surface area contributed by atoms with E-state index in [1.807, 2.05) is 24.9 Å². The summed E-state index contributed by atoms with van der Waals surface area (Å²) in [5.41, 5.74) is 3.77. The fourth-order valence-electron chi connectivity index (χ4n) is 3.32. The molecule has 0 aliphatic heterocycles. The van der Waals surface area contributed by atoms with Crippen molar-refractivity contribution in [1.82, 2.24) is 20.1 Å². The molecule has 4 nitrogen and oxygen atoms in total. The quantitative estimate of drug-likeness (QED) is 0.934. The number of nitrogens with one attached hydrogen (secondary N) is 1. The van der Waals surface area contributed by atoms with E-state index in [0.717, 1.165) is 17.9 Å². The molecule has 1 aliphatic rings. The van der Waals surface area contributed by atoms with Crippen LogP contribution in [0.2, 0.25) is 0 Å². The zero-order chi connectivity index (χ0) is 14.3. The molecule has 0 bridgehead atoms. The lowest BCUT2D eigenvalue weighted by Crippen LogP contribution is -2.26. The summed E-state index contributed by atoms with van der Waals surface area (Å²) < 4.78 is 1.85. The number of fused-ring (bicyclic) bond motifs is 1. The predicted octanol–water partition coefficient (Wildman–Crippen LogP) is 2.95. The van der Waals surface area contributed by atoms with Gasteiger partial charge in [0.05, 0.1) is 5.69 Å². The van der Waals surface area contributed by atoms with Gasteiger partial charge in [0.15, 0.2) is 5.65 Å². The normalized spacial score (nSPS) is 21.7. The van der Waals surface area contributed by atoms with Crippen molar-refractivity contribution in [2.75, 3.05) is 0 Å². The van der Waals surface area contributed by atoms with Gasteiger partial charge < -0.3 is 5.32 Å². The smallest absolute Gasteiger partial charge is 0.157 e. The van der Waals surface area contributed by atoms with E-state index in [-0.39, 0.29) is 0 Å². The molecule has 0 amide bonds. The third kappa shape index (κ3) is 2.57. The summed E-state index contributed by atoms with van der Waals surface area (Å²) in [4.78, 5) is 4.54. The van der Waals surface area contributed by atoms with Crippen LogP contribution in [-0.2, 0) is 13.6 Å². The second-order valence-corrected chi connectivity index (χ2v) is 6.91. The van der Waals surface area contributed by atoms with Gasteiger partial charge in [0, 0.05) is 31.2 Å². The van der Waals surface area contributed by atoms with Gasteiger partial charge in [0.1, 0.15) is 0 Å². The third-order valence-corrected chi connectivity index (χ3v) is 4.48. The molecule has 1 fully saturated rings. The number of nitrogens with zero attached hydrogens (tertiary/aromatic N) is 3. The Hall–Kier alpha value is -1.42. The number of pyridine rings is 1. The van der Waals surface area contributed by atoms with E-state index in [0.29, 0.717) is 11.5 Å². The van der Waals surface area contributed by atoms with Crippen molar-refractivity contribution in [1.29, 1.82) is 0 Å². The zero-order valence-corrected chi connectivity index (χ0v) is 12.9. The Kier molecular flexibility index (Phi) is 3.28. The van der Waals surface area contributed by atoms with E-state index in [2.05, 4.69) is 35.3 Å². The van der Waals surface area contributed by atoms with Gasteiger partial charge in [-0.05, 0) is 43.2 Å². The first kappa shape index (κ1) is 13.6. The standard InChI is InChI=1S/C16H24N4/c1-11-14-7-12(10-18-15(14)20(4)19-11)9-17-13-5-6-16(2,3)8-13/h7,10,13,17H,5-6,8-9H2,1-4H3. The molecule has 3 rings (SSSR count). The van der Waals surface area contributed by atoms with Crippen LogP contribution in [0.5, 0.6) is 0 Å². The molecular weight excluding hydrogens is 248 g/mol. The molecule has 1 unspecified atom stereocenters. The largest absolute Gasteiger partial charge is 0.310 e. The second kappa shape index (κ2) is 4.85. The topological polar surface area (TPSA) is 42.7 Å². The minimum absolute atomic E-state index is 0.500. The van der Waals surface area contributed by atoms with Crippen molar-refractivity contribution in [2.45, 2.75) is 52.6 Å². The van der Waals surface area contributed by atoms with Crippen LogP contribution >= 0.6 is 0 Å². The zero-order valence-electron chi connectivity index (χ0n) is 12.9. The molecule has 108 valence electrons. The monoisotopic (exact) mass is 272 g/mol. The molecule has 0 aromatic carbocycles.